The highest BCUT2D eigenvalue weighted by Crippen LogP contribution is 2.26. The van der Waals surface area contributed by atoms with Gasteiger partial charge >= 0.3 is 0 Å². The van der Waals surface area contributed by atoms with Gasteiger partial charge in [-0.05, 0) is 55.4 Å². The lowest BCUT2D eigenvalue weighted by Gasteiger charge is -2.26. The number of ether oxygens (including phenoxy) is 1. The summed E-state index contributed by atoms with van der Waals surface area (Å²) in [5.74, 6) is 0.888. The van der Waals surface area contributed by atoms with Gasteiger partial charge in [-0.25, -0.2) is 8.42 Å². The molecular formula is C22H32N2O3S. The summed E-state index contributed by atoms with van der Waals surface area (Å²) in [7, 11) is -3.64. The van der Waals surface area contributed by atoms with Gasteiger partial charge in [0.25, 0.3) is 10.0 Å². The van der Waals surface area contributed by atoms with E-state index in [2.05, 4.69) is 18.7 Å². The third-order valence-corrected chi connectivity index (χ3v) is 6.37. The summed E-state index contributed by atoms with van der Waals surface area (Å²) >= 11 is 0. The minimum absolute atomic E-state index is 0.206. The quantitative estimate of drug-likeness (QED) is 0.562. The van der Waals surface area contributed by atoms with Crippen molar-refractivity contribution >= 4 is 15.7 Å². The number of hydrogen-bond acceptors (Lipinski definition) is 4. The van der Waals surface area contributed by atoms with Crippen LogP contribution in [-0.4, -0.2) is 46.1 Å². The lowest BCUT2D eigenvalue weighted by Crippen LogP contribution is -2.34. The number of benzene rings is 2. The topological polar surface area (TPSA) is 49.9 Å². The van der Waals surface area contributed by atoms with E-state index in [-0.39, 0.29) is 10.8 Å². The van der Waals surface area contributed by atoms with Crippen LogP contribution < -0.4 is 9.04 Å². The zero-order valence-electron chi connectivity index (χ0n) is 17.3. The minimum atomic E-state index is -3.64. The Bertz CT molecular complexity index is 801. The Kier molecular flexibility index (Phi) is 8.33. The van der Waals surface area contributed by atoms with Gasteiger partial charge < -0.3 is 9.64 Å². The molecule has 0 saturated carbocycles. The van der Waals surface area contributed by atoms with Crippen LogP contribution in [0.2, 0.25) is 0 Å². The molecule has 0 bridgehead atoms. The number of hydrogen-bond donors (Lipinski definition) is 0. The molecule has 0 amide bonds. The number of para-hydroxylation sites is 1. The maximum absolute atomic E-state index is 13.2. The molecule has 0 fully saturated rings. The average molecular weight is 405 g/mol. The fourth-order valence-electron chi connectivity index (χ4n) is 2.94. The van der Waals surface area contributed by atoms with Crippen molar-refractivity contribution in [3.8, 4) is 5.75 Å². The summed E-state index contributed by atoms with van der Waals surface area (Å²) in [6.45, 7) is 12.1. The van der Waals surface area contributed by atoms with Crippen molar-refractivity contribution in [2.45, 2.75) is 32.6 Å². The molecule has 0 aliphatic heterocycles. The Morgan fingerprint density at radius 1 is 0.929 bits per heavy atom. The first kappa shape index (κ1) is 22.2. The van der Waals surface area contributed by atoms with Gasteiger partial charge in [0.2, 0.25) is 0 Å². The van der Waals surface area contributed by atoms with E-state index in [1.54, 1.807) is 24.3 Å². The van der Waals surface area contributed by atoms with E-state index in [1.807, 2.05) is 44.2 Å². The summed E-state index contributed by atoms with van der Waals surface area (Å²) < 4.78 is 33.7. The minimum Gasteiger partial charge on any atom is -0.492 e. The van der Waals surface area contributed by atoms with Crippen LogP contribution >= 0.6 is 0 Å². The lowest BCUT2D eigenvalue weighted by molar-refractivity contribution is 0.222. The normalized spacial score (nSPS) is 11.8. The standard InChI is InChI=1S/C22H32N2O3S/c1-5-23(6-2)16-17-27-21-12-14-22(15-13-21)28(25,26)24(18-19(3)4)20-10-8-7-9-11-20/h7-15,19H,5-6,16-18H2,1-4H3. The van der Waals surface area contributed by atoms with Crippen molar-refractivity contribution in [1.29, 1.82) is 0 Å². The first-order valence-electron chi connectivity index (χ1n) is 9.91. The molecule has 2 aromatic carbocycles. The second-order valence-electron chi connectivity index (χ2n) is 7.11. The van der Waals surface area contributed by atoms with E-state index in [0.29, 0.717) is 24.6 Å². The van der Waals surface area contributed by atoms with E-state index in [1.165, 1.54) is 4.31 Å². The van der Waals surface area contributed by atoms with E-state index in [0.717, 1.165) is 19.6 Å². The lowest BCUT2D eigenvalue weighted by atomic mass is 10.2. The maximum Gasteiger partial charge on any atom is 0.264 e. The Hall–Kier alpha value is -2.05. The molecule has 0 radical (unpaired) electrons. The van der Waals surface area contributed by atoms with Crippen molar-refractivity contribution < 1.29 is 13.2 Å². The van der Waals surface area contributed by atoms with Crippen LogP contribution in [0.4, 0.5) is 5.69 Å². The predicted octanol–water partition coefficient (Wildman–Crippen LogP) is 4.26. The first-order chi connectivity index (χ1) is 13.4. The fourth-order valence-corrected chi connectivity index (χ4v) is 4.56. The average Bonchev–Trinajstić information content (AvgIpc) is 2.70. The summed E-state index contributed by atoms with van der Waals surface area (Å²) in [6.07, 6.45) is 0. The molecule has 0 spiro atoms. The van der Waals surface area contributed by atoms with E-state index >= 15 is 0 Å². The molecule has 0 unspecified atom stereocenters. The van der Waals surface area contributed by atoms with Gasteiger partial charge in [-0.2, -0.15) is 0 Å². The van der Waals surface area contributed by atoms with Crippen LogP contribution in [0.5, 0.6) is 5.75 Å². The molecule has 28 heavy (non-hydrogen) atoms. The van der Waals surface area contributed by atoms with Crippen LogP contribution in [-0.2, 0) is 10.0 Å². The highest BCUT2D eigenvalue weighted by molar-refractivity contribution is 7.92. The van der Waals surface area contributed by atoms with Gasteiger partial charge in [-0.1, -0.05) is 45.9 Å². The van der Waals surface area contributed by atoms with Crippen LogP contribution in [0.15, 0.2) is 59.5 Å². The van der Waals surface area contributed by atoms with Gasteiger partial charge in [0.1, 0.15) is 12.4 Å². The number of rotatable bonds is 11. The number of likely N-dealkylation sites (N-methyl/N-ethyl adjacent to an activating group) is 1. The zero-order chi connectivity index (χ0) is 20.6. The van der Waals surface area contributed by atoms with Crippen molar-refractivity contribution in [2.24, 2.45) is 5.92 Å². The Morgan fingerprint density at radius 3 is 2.07 bits per heavy atom. The zero-order valence-corrected chi connectivity index (χ0v) is 18.2. The fraction of sp³-hybridized carbons (Fsp3) is 0.455. The highest BCUT2D eigenvalue weighted by Gasteiger charge is 2.25. The second kappa shape index (κ2) is 10.5. The second-order valence-corrected chi connectivity index (χ2v) is 8.97. The third-order valence-electron chi connectivity index (χ3n) is 4.56. The smallest absolute Gasteiger partial charge is 0.264 e. The Labute approximate surface area is 170 Å². The Morgan fingerprint density at radius 2 is 1.54 bits per heavy atom. The highest BCUT2D eigenvalue weighted by atomic mass is 32.2. The van der Waals surface area contributed by atoms with Gasteiger partial charge in [-0.15, -0.1) is 0 Å². The van der Waals surface area contributed by atoms with E-state index in [9.17, 15) is 8.42 Å². The predicted molar refractivity (Wildman–Crippen MR) is 116 cm³/mol. The van der Waals surface area contributed by atoms with Gasteiger partial charge in [0, 0.05) is 13.1 Å². The van der Waals surface area contributed by atoms with Crippen LogP contribution in [0.3, 0.4) is 0 Å². The molecule has 0 aliphatic rings. The van der Waals surface area contributed by atoms with Crippen molar-refractivity contribution in [3.05, 3.63) is 54.6 Å². The SMILES string of the molecule is CCN(CC)CCOc1ccc(S(=O)(=O)N(CC(C)C)c2ccccc2)cc1. The molecule has 2 rings (SSSR count). The number of sulfonamides is 1. The number of anilines is 1. The molecule has 0 atom stereocenters. The first-order valence-corrected chi connectivity index (χ1v) is 11.4. The van der Waals surface area contributed by atoms with Gasteiger partial charge in [-0.3, -0.25) is 4.31 Å². The van der Waals surface area contributed by atoms with Crippen molar-refractivity contribution in [2.75, 3.05) is 37.1 Å². The molecule has 0 heterocycles. The van der Waals surface area contributed by atoms with E-state index < -0.39 is 10.0 Å². The van der Waals surface area contributed by atoms with Gasteiger partial charge in [0.15, 0.2) is 0 Å². The molecule has 6 heteroatoms. The van der Waals surface area contributed by atoms with Crippen LogP contribution in [0, 0.1) is 5.92 Å². The monoisotopic (exact) mass is 404 g/mol. The van der Waals surface area contributed by atoms with Crippen LogP contribution in [0.25, 0.3) is 0 Å². The molecular weight excluding hydrogens is 372 g/mol. The van der Waals surface area contributed by atoms with Crippen molar-refractivity contribution in [1.82, 2.24) is 4.90 Å². The molecule has 2 aromatic rings. The molecule has 154 valence electrons. The van der Waals surface area contributed by atoms with Crippen LogP contribution in [0.1, 0.15) is 27.7 Å². The van der Waals surface area contributed by atoms with Gasteiger partial charge in [0.05, 0.1) is 10.6 Å². The molecule has 0 aliphatic carbocycles. The summed E-state index contributed by atoms with van der Waals surface area (Å²) in [5, 5.41) is 0. The third kappa shape index (κ3) is 5.97. The van der Waals surface area contributed by atoms with E-state index in [4.69, 9.17) is 4.74 Å². The molecule has 5 nitrogen and oxygen atoms in total. The number of nitrogens with zero attached hydrogens (tertiary/aromatic N) is 2. The van der Waals surface area contributed by atoms with Crippen molar-refractivity contribution in [3.63, 3.8) is 0 Å². The Balaban J connectivity index is 2.15. The molecule has 0 N–H and O–H groups in total. The summed E-state index contributed by atoms with van der Waals surface area (Å²) in [6, 6.07) is 15.9. The molecule has 0 saturated heterocycles. The molecule has 0 aromatic heterocycles. The maximum atomic E-state index is 13.2. The summed E-state index contributed by atoms with van der Waals surface area (Å²) in [5.41, 5.74) is 0.677. The summed E-state index contributed by atoms with van der Waals surface area (Å²) in [4.78, 5) is 2.55. The largest absolute Gasteiger partial charge is 0.492 e.